The molecule has 0 spiro atoms. The molecule has 190 valence electrons. The zero-order chi connectivity index (χ0) is 25.7. The predicted molar refractivity (Wildman–Crippen MR) is 139 cm³/mol. The smallest absolute Gasteiger partial charge is 0.293 e. The summed E-state index contributed by atoms with van der Waals surface area (Å²) in [6, 6.07) is 9.50. The Kier molecular flexibility index (Phi) is 8.53. The molecular formula is C26H27ClN2O6S. The van der Waals surface area contributed by atoms with Crippen molar-refractivity contribution in [2.45, 2.75) is 45.6 Å². The largest absolute Gasteiger partial charge is 0.490 e. The third kappa shape index (κ3) is 6.20. The summed E-state index contributed by atoms with van der Waals surface area (Å²) in [6.07, 6.45) is 7.24. The quantitative estimate of drug-likeness (QED) is 0.199. The van der Waals surface area contributed by atoms with Crippen LogP contribution in [0.2, 0.25) is 5.02 Å². The zero-order valence-corrected chi connectivity index (χ0v) is 21.5. The molecule has 1 heterocycles. The number of rotatable bonds is 9. The fourth-order valence-electron chi connectivity index (χ4n) is 4.43. The molecule has 1 saturated heterocycles. The summed E-state index contributed by atoms with van der Waals surface area (Å²) in [4.78, 5) is 37.8. The van der Waals surface area contributed by atoms with E-state index in [0.717, 1.165) is 37.4 Å². The molecular weight excluding hydrogens is 504 g/mol. The summed E-state index contributed by atoms with van der Waals surface area (Å²) in [5.41, 5.74) is 1.19. The van der Waals surface area contributed by atoms with Crippen molar-refractivity contribution in [3.8, 4) is 11.5 Å². The Morgan fingerprint density at radius 3 is 2.67 bits per heavy atom. The van der Waals surface area contributed by atoms with Gasteiger partial charge in [0.05, 0.1) is 21.5 Å². The van der Waals surface area contributed by atoms with E-state index >= 15 is 0 Å². The SMILES string of the molecule is CCOc1cc(/C=C2/SC(=O)N(CC3CCCCC3)C2=O)cc(Cl)c1OCc1cccc([N+](=O)[O-])c1. The maximum Gasteiger partial charge on any atom is 0.293 e. The van der Waals surface area contributed by atoms with Crippen LogP contribution >= 0.6 is 23.4 Å². The summed E-state index contributed by atoms with van der Waals surface area (Å²) < 4.78 is 11.6. The van der Waals surface area contributed by atoms with Gasteiger partial charge in [0.2, 0.25) is 0 Å². The van der Waals surface area contributed by atoms with Crippen molar-refractivity contribution in [1.29, 1.82) is 0 Å². The van der Waals surface area contributed by atoms with Gasteiger partial charge in [0.1, 0.15) is 6.61 Å². The van der Waals surface area contributed by atoms with Crippen LogP contribution in [-0.2, 0) is 11.4 Å². The number of benzene rings is 2. The fourth-order valence-corrected chi connectivity index (χ4v) is 5.55. The first-order chi connectivity index (χ1) is 17.4. The second-order valence-corrected chi connectivity index (χ2v) is 10.2. The van der Waals surface area contributed by atoms with Gasteiger partial charge in [-0.15, -0.1) is 0 Å². The maximum atomic E-state index is 13.0. The van der Waals surface area contributed by atoms with Gasteiger partial charge in [-0.25, -0.2) is 0 Å². The van der Waals surface area contributed by atoms with Crippen molar-refractivity contribution < 1.29 is 24.0 Å². The summed E-state index contributed by atoms with van der Waals surface area (Å²) in [7, 11) is 0. The summed E-state index contributed by atoms with van der Waals surface area (Å²) in [5, 5.41) is 11.0. The van der Waals surface area contributed by atoms with Crippen LogP contribution in [0.25, 0.3) is 6.08 Å². The number of non-ortho nitro benzene ring substituents is 1. The van der Waals surface area contributed by atoms with E-state index < -0.39 is 4.92 Å². The number of thioether (sulfide) groups is 1. The van der Waals surface area contributed by atoms with Crippen LogP contribution in [-0.4, -0.2) is 34.1 Å². The van der Waals surface area contributed by atoms with Crippen molar-refractivity contribution in [1.82, 2.24) is 4.90 Å². The zero-order valence-electron chi connectivity index (χ0n) is 19.9. The van der Waals surface area contributed by atoms with Crippen LogP contribution in [0.5, 0.6) is 11.5 Å². The highest BCUT2D eigenvalue weighted by Crippen LogP contribution is 2.40. The van der Waals surface area contributed by atoms with Crippen LogP contribution in [0.15, 0.2) is 41.3 Å². The van der Waals surface area contributed by atoms with Gasteiger partial charge in [-0.05, 0) is 66.8 Å². The molecule has 2 amide bonds. The average molecular weight is 531 g/mol. The van der Waals surface area contributed by atoms with Crippen LogP contribution in [0.3, 0.4) is 0 Å². The first-order valence-corrected chi connectivity index (χ1v) is 13.1. The van der Waals surface area contributed by atoms with Gasteiger partial charge >= 0.3 is 0 Å². The van der Waals surface area contributed by atoms with Crippen LogP contribution in [0, 0.1) is 16.0 Å². The minimum Gasteiger partial charge on any atom is -0.490 e. The molecule has 0 aromatic heterocycles. The number of ether oxygens (including phenoxy) is 2. The lowest BCUT2D eigenvalue weighted by molar-refractivity contribution is -0.384. The predicted octanol–water partition coefficient (Wildman–Crippen LogP) is 6.84. The Morgan fingerprint density at radius 1 is 1.17 bits per heavy atom. The van der Waals surface area contributed by atoms with Gasteiger partial charge in [0.15, 0.2) is 11.5 Å². The van der Waals surface area contributed by atoms with E-state index in [1.165, 1.54) is 23.5 Å². The van der Waals surface area contributed by atoms with Crippen molar-refractivity contribution in [2.75, 3.05) is 13.2 Å². The van der Waals surface area contributed by atoms with E-state index in [-0.39, 0.29) is 28.5 Å². The second-order valence-electron chi connectivity index (χ2n) is 8.78. The minimum absolute atomic E-state index is 0.0278. The molecule has 0 unspecified atom stereocenters. The van der Waals surface area contributed by atoms with E-state index in [0.29, 0.717) is 46.6 Å². The van der Waals surface area contributed by atoms with Crippen LogP contribution in [0.4, 0.5) is 10.5 Å². The number of carbonyl (C=O) groups is 2. The Bertz CT molecular complexity index is 1190. The van der Waals surface area contributed by atoms with Crippen molar-refractivity contribution >= 4 is 46.3 Å². The van der Waals surface area contributed by atoms with Gasteiger partial charge in [0, 0.05) is 18.7 Å². The normalized spacial score (nSPS) is 17.6. The highest BCUT2D eigenvalue weighted by Gasteiger charge is 2.36. The number of hydrogen-bond donors (Lipinski definition) is 0. The monoisotopic (exact) mass is 530 g/mol. The summed E-state index contributed by atoms with van der Waals surface area (Å²) in [6.45, 7) is 2.70. The summed E-state index contributed by atoms with van der Waals surface area (Å²) >= 11 is 7.45. The molecule has 10 heteroatoms. The Balaban J connectivity index is 1.52. The average Bonchev–Trinajstić information content (AvgIpc) is 3.12. The molecule has 2 aromatic rings. The Morgan fingerprint density at radius 2 is 1.94 bits per heavy atom. The van der Waals surface area contributed by atoms with Crippen LogP contribution < -0.4 is 9.47 Å². The number of halogens is 1. The molecule has 8 nitrogen and oxygen atoms in total. The first kappa shape index (κ1) is 26.0. The number of carbonyl (C=O) groups excluding carboxylic acids is 2. The Labute approximate surface area is 218 Å². The van der Waals surface area contributed by atoms with Gasteiger partial charge in [-0.1, -0.05) is 43.0 Å². The molecule has 0 N–H and O–H groups in total. The molecule has 0 atom stereocenters. The number of nitro groups is 1. The molecule has 1 aliphatic heterocycles. The number of amides is 2. The first-order valence-electron chi connectivity index (χ1n) is 11.9. The second kappa shape index (κ2) is 11.8. The molecule has 36 heavy (non-hydrogen) atoms. The van der Waals surface area contributed by atoms with Crippen molar-refractivity contribution in [3.63, 3.8) is 0 Å². The lowest BCUT2D eigenvalue weighted by atomic mass is 9.89. The summed E-state index contributed by atoms with van der Waals surface area (Å²) in [5.74, 6) is 0.763. The number of nitrogens with zero attached hydrogens (tertiary/aromatic N) is 2. The Hall–Kier alpha value is -3.04. The van der Waals surface area contributed by atoms with Crippen molar-refractivity contribution in [2.24, 2.45) is 5.92 Å². The van der Waals surface area contributed by atoms with E-state index in [1.54, 1.807) is 30.3 Å². The van der Waals surface area contributed by atoms with Gasteiger partial charge < -0.3 is 9.47 Å². The van der Waals surface area contributed by atoms with Crippen LogP contribution in [0.1, 0.15) is 50.2 Å². The molecule has 4 rings (SSSR count). The van der Waals surface area contributed by atoms with Gasteiger partial charge in [0.25, 0.3) is 16.8 Å². The number of nitro benzene ring substituents is 1. The van der Waals surface area contributed by atoms with E-state index in [4.69, 9.17) is 21.1 Å². The standard InChI is InChI=1S/C26H27ClN2O6S/c1-2-34-22-13-19(12-21(27)24(22)35-16-18-9-6-10-20(11-18)29(32)33)14-23-25(30)28(26(31)36-23)15-17-7-4-3-5-8-17/h6,9-14,17H,2-5,7-8,15-16H2,1H3/b23-14+. The third-order valence-corrected chi connectivity index (χ3v) is 7.36. The maximum absolute atomic E-state index is 13.0. The highest BCUT2D eigenvalue weighted by atomic mass is 35.5. The lowest BCUT2D eigenvalue weighted by Gasteiger charge is -2.25. The molecule has 0 radical (unpaired) electrons. The molecule has 1 aliphatic carbocycles. The molecule has 2 fully saturated rings. The molecule has 2 aromatic carbocycles. The number of hydrogen-bond acceptors (Lipinski definition) is 7. The number of imide groups is 1. The van der Waals surface area contributed by atoms with Gasteiger partial charge in [-0.2, -0.15) is 0 Å². The highest BCUT2D eigenvalue weighted by molar-refractivity contribution is 8.18. The third-order valence-electron chi connectivity index (χ3n) is 6.17. The van der Waals surface area contributed by atoms with Crippen molar-refractivity contribution in [3.05, 3.63) is 67.6 Å². The fraction of sp³-hybridized carbons (Fsp3) is 0.385. The van der Waals surface area contributed by atoms with E-state index in [9.17, 15) is 19.7 Å². The molecule has 1 saturated carbocycles. The molecule has 0 bridgehead atoms. The van der Waals surface area contributed by atoms with E-state index in [2.05, 4.69) is 0 Å². The molecule has 2 aliphatic rings. The van der Waals surface area contributed by atoms with Gasteiger partial charge in [-0.3, -0.25) is 24.6 Å². The van der Waals surface area contributed by atoms with E-state index in [1.807, 2.05) is 6.92 Å². The minimum atomic E-state index is -0.465. The topological polar surface area (TPSA) is 99.0 Å². The lowest BCUT2D eigenvalue weighted by Crippen LogP contribution is -2.34.